The van der Waals surface area contributed by atoms with Gasteiger partial charge in [0, 0.05) is 33.3 Å². The van der Waals surface area contributed by atoms with Crippen molar-refractivity contribution in [1.82, 2.24) is 0 Å². The van der Waals surface area contributed by atoms with Gasteiger partial charge >= 0.3 is 0 Å². The summed E-state index contributed by atoms with van der Waals surface area (Å²) in [5, 5.41) is 0. The molecule has 2 spiro atoms. The van der Waals surface area contributed by atoms with Gasteiger partial charge in [-0.1, -0.05) is 160 Å². The summed E-state index contributed by atoms with van der Waals surface area (Å²) in [5.41, 5.74) is 26.7. The fourth-order valence-electron chi connectivity index (χ4n) is 16.5. The van der Waals surface area contributed by atoms with E-state index in [1.807, 2.05) is 0 Å². The molecule has 0 unspecified atom stereocenters. The fourth-order valence-corrected chi connectivity index (χ4v) is 16.5. The molecule has 8 aliphatic rings. The summed E-state index contributed by atoms with van der Waals surface area (Å²) in [4.78, 5) is 2.54. The second-order valence-corrected chi connectivity index (χ2v) is 22.4. The Labute approximate surface area is 396 Å². The first-order valence-electron chi connectivity index (χ1n) is 25.6. The molecule has 5 saturated carbocycles. The van der Waals surface area contributed by atoms with Crippen LogP contribution in [0, 0.1) is 23.7 Å². The number of nitrogens with zero attached hydrogens (tertiary/aromatic N) is 1. The molecule has 16 rings (SSSR count). The van der Waals surface area contributed by atoms with E-state index in [0.717, 1.165) is 23.7 Å². The summed E-state index contributed by atoms with van der Waals surface area (Å²) in [5.74, 6) is 3.39. The minimum atomic E-state index is -0.117. The second kappa shape index (κ2) is 13.8. The van der Waals surface area contributed by atoms with E-state index in [0.29, 0.717) is 0 Å². The summed E-state index contributed by atoms with van der Waals surface area (Å²) < 4.78 is 0. The van der Waals surface area contributed by atoms with Crippen LogP contribution >= 0.6 is 0 Å². The van der Waals surface area contributed by atoms with Crippen molar-refractivity contribution in [2.75, 3.05) is 4.90 Å². The number of hydrogen-bond donors (Lipinski definition) is 0. The minimum Gasteiger partial charge on any atom is -0.310 e. The van der Waals surface area contributed by atoms with Gasteiger partial charge in [-0.05, 0) is 200 Å². The van der Waals surface area contributed by atoms with Crippen molar-refractivity contribution in [3.63, 3.8) is 0 Å². The van der Waals surface area contributed by atoms with Crippen LogP contribution in [0.1, 0.15) is 105 Å². The first-order valence-corrected chi connectivity index (χ1v) is 25.6. The summed E-state index contributed by atoms with van der Waals surface area (Å²) in [6.45, 7) is 4.87. The van der Waals surface area contributed by atoms with E-state index in [-0.39, 0.29) is 16.2 Å². The van der Waals surface area contributed by atoms with Crippen molar-refractivity contribution >= 4 is 17.1 Å². The lowest BCUT2D eigenvalue weighted by molar-refractivity contribution is -0.0399. The van der Waals surface area contributed by atoms with Crippen molar-refractivity contribution < 1.29 is 0 Å². The Morgan fingerprint density at radius 2 is 0.925 bits per heavy atom. The number of anilines is 3. The van der Waals surface area contributed by atoms with Crippen molar-refractivity contribution in [3.05, 3.63) is 209 Å². The molecule has 326 valence electrons. The highest BCUT2D eigenvalue weighted by molar-refractivity contribution is 5.96. The molecule has 5 fully saturated rings. The van der Waals surface area contributed by atoms with E-state index in [2.05, 4.69) is 195 Å². The maximum atomic E-state index is 2.57. The molecular formula is C66H57N. The predicted octanol–water partition coefficient (Wildman–Crippen LogP) is 17.4. The second-order valence-electron chi connectivity index (χ2n) is 22.4. The van der Waals surface area contributed by atoms with E-state index in [9.17, 15) is 0 Å². The van der Waals surface area contributed by atoms with E-state index >= 15 is 0 Å². The lowest BCUT2D eigenvalue weighted by Gasteiger charge is -2.61. The Hall–Kier alpha value is -6.44. The maximum absolute atomic E-state index is 2.57. The van der Waals surface area contributed by atoms with Crippen LogP contribution in [0.25, 0.3) is 55.6 Å². The zero-order chi connectivity index (χ0) is 44.2. The molecule has 8 aliphatic carbocycles. The van der Waals surface area contributed by atoms with E-state index in [4.69, 9.17) is 0 Å². The van der Waals surface area contributed by atoms with Gasteiger partial charge in [0.25, 0.3) is 0 Å². The molecule has 0 saturated heterocycles. The van der Waals surface area contributed by atoms with Gasteiger partial charge in [0.1, 0.15) is 0 Å². The van der Waals surface area contributed by atoms with Crippen molar-refractivity contribution in [2.24, 2.45) is 23.7 Å². The van der Waals surface area contributed by atoms with Crippen LogP contribution in [0.3, 0.4) is 0 Å². The third kappa shape index (κ3) is 5.16. The monoisotopic (exact) mass is 863 g/mol. The largest absolute Gasteiger partial charge is 0.310 e. The summed E-state index contributed by atoms with van der Waals surface area (Å²) in [6.07, 6.45) is 12.1. The van der Waals surface area contributed by atoms with Crippen LogP contribution in [0.15, 0.2) is 176 Å². The highest BCUT2D eigenvalue weighted by atomic mass is 15.1. The Morgan fingerprint density at radius 1 is 0.373 bits per heavy atom. The van der Waals surface area contributed by atoms with Crippen molar-refractivity contribution in [2.45, 2.75) is 87.9 Å². The number of benzene rings is 8. The molecule has 8 aromatic rings. The number of hydrogen-bond acceptors (Lipinski definition) is 1. The van der Waals surface area contributed by atoms with Gasteiger partial charge in [0.05, 0.1) is 0 Å². The van der Waals surface area contributed by atoms with Crippen LogP contribution in [-0.4, -0.2) is 0 Å². The third-order valence-corrected chi connectivity index (χ3v) is 19.0. The molecule has 8 aromatic carbocycles. The molecule has 67 heavy (non-hydrogen) atoms. The van der Waals surface area contributed by atoms with Gasteiger partial charge in [-0.2, -0.15) is 0 Å². The molecule has 1 nitrogen and oxygen atoms in total. The smallest absolute Gasteiger partial charge is 0.0468 e. The lowest BCUT2D eigenvalue weighted by atomic mass is 9.43. The topological polar surface area (TPSA) is 3.24 Å². The lowest BCUT2D eigenvalue weighted by Crippen LogP contribution is -2.55. The highest BCUT2D eigenvalue weighted by Gasteiger charge is 2.61. The molecular weight excluding hydrogens is 807 g/mol. The Morgan fingerprint density at radius 3 is 1.69 bits per heavy atom. The molecule has 0 atom stereocenters. The summed E-state index contributed by atoms with van der Waals surface area (Å²) >= 11 is 0. The molecule has 0 aliphatic heterocycles. The first-order chi connectivity index (χ1) is 32.9. The predicted molar refractivity (Wildman–Crippen MR) is 278 cm³/mol. The van der Waals surface area contributed by atoms with Gasteiger partial charge in [-0.3, -0.25) is 0 Å². The molecule has 4 bridgehead atoms. The molecule has 0 amide bonds. The average Bonchev–Trinajstić information content (AvgIpc) is 4.10. The quantitative estimate of drug-likeness (QED) is 0.167. The van der Waals surface area contributed by atoms with Gasteiger partial charge in [0.15, 0.2) is 0 Å². The summed E-state index contributed by atoms with van der Waals surface area (Å²) in [6, 6.07) is 68.6. The van der Waals surface area contributed by atoms with Crippen LogP contribution < -0.4 is 4.90 Å². The number of fused-ring (bicyclic) bond motifs is 11. The van der Waals surface area contributed by atoms with Gasteiger partial charge in [-0.15, -0.1) is 0 Å². The van der Waals surface area contributed by atoms with Crippen molar-refractivity contribution in [1.29, 1.82) is 0 Å². The van der Waals surface area contributed by atoms with Gasteiger partial charge < -0.3 is 4.90 Å². The van der Waals surface area contributed by atoms with Crippen LogP contribution in [0.2, 0.25) is 0 Å². The van der Waals surface area contributed by atoms with Gasteiger partial charge in [-0.25, -0.2) is 0 Å². The van der Waals surface area contributed by atoms with Gasteiger partial charge in [0.2, 0.25) is 0 Å². The van der Waals surface area contributed by atoms with Crippen LogP contribution in [0.4, 0.5) is 17.1 Å². The minimum absolute atomic E-state index is 0.0932. The van der Waals surface area contributed by atoms with E-state index < -0.39 is 0 Å². The van der Waals surface area contributed by atoms with E-state index in [1.54, 1.807) is 11.1 Å². The Kier molecular flexibility index (Phi) is 7.97. The molecule has 1 heteroatoms. The molecule has 0 heterocycles. The van der Waals surface area contributed by atoms with Crippen LogP contribution in [0.5, 0.6) is 0 Å². The summed E-state index contributed by atoms with van der Waals surface area (Å²) in [7, 11) is 0. The molecule has 0 aromatic heterocycles. The van der Waals surface area contributed by atoms with E-state index in [1.165, 1.54) is 153 Å². The number of rotatable bonds is 5. The fraction of sp³-hybridized carbons (Fsp3) is 0.273. The van der Waals surface area contributed by atoms with Crippen molar-refractivity contribution in [3.8, 4) is 55.6 Å². The Bertz CT molecular complexity index is 3310. The van der Waals surface area contributed by atoms with Crippen LogP contribution in [-0.2, 0) is 16.2 Å². The molecule has 0 N–H and O–H groups in total. The zero-order valence-electron chi connectivity index (χ0n) is 38.9. The molecule has 0 radical (unpaired) electrons. The SMILES string of the molecule is CC1(C)c2ccc(-c3cccc4c3-c3ccccc3C43C4CC5CC(C4)CC3C5)cc2-c2cc(N(c3ccc(-c4ccccc4)cc3)c3ccc4c(c3)C3(CCCC3)c3ccccc3-4)ccc21. The third-order valence-electron chi connectivity index (χ3n) is 19.0. The average molecular weight is 864 g/mol. The first kappa shape index (κ1) is 38.6. The zero-order valence-corrected chi connectivity index (χ0v) is 38.9. The maximum Gasteiger partial charge on any atom is 0.0468 e. The standard InChI is InChI=1S/C66H57N/c1-64(2)57-29-23-45(51-17-12-20-61-63(51)54-16-7-9-19-60(54)66(61)46-34-41-33-42(36-46)37-47(66)35-41)38-55(57)56-39-49(27-30-58(56)64)67(48-24-21-44(22-25-48)43-13-4-3-5-14-43)50-26-28-53-52-15-6-8-18-59(52)65(62(53)40-50)31-10-11-32-65/h3-9,12-30,38-42,46-47H,10-11,31-37H2,1-2H3. The Balaban J connectivity index is 0.885. The highest BCUT2D eigenvalue weighted by Crippen LogP contribution is 2.70. The normalized spacial score (nSPS) is 24.3.